The van der Waals surface area contributed by atoms with Crippen LogP contribution in [0.3, 0.4) is 0 Å². The highest BCUT2D eigenvalue weighted by molar-refractivity contribution is 5.92. The maximum absolute atomic E-state index is 12.6. The Kier molecular flexibility index (Phi) is 3.57. The lowest BCUT2D eigenvalue weighted by Crippen LogP contribution is -2.36. The van der Waals surface area contributed by atoms with Crippen LogP contribution in [-0.2, 0) is 13.0 Å². The number of carbonyl (C=O) groups excluding carboxylic acids is 1. The molecule has 1 amide bonds. The zero-order chi connectivity index (χ0) is 16.5. The van der Waals surface area contributed by atoms with E-state index in [1.165, 1.54) is 0 Å². The maximum atomic E-state index is 12.6. The summed E-state index contributed by atoms with van der Waals surface area (Å²) in [7, 11) is 0. The quantitative estimate of drug-likeness (QED) is 0.726. The molecule has 3 aromatic heterocycles. The van der Waals surface area contributed by atoms with E-state index in [2.05, 4.69) is 15.0 Å². The average Bonchev–Trinajstić information content (AvgIpc) is 3.05. The monoisotopic (exact) mass is 320 g/mol. The van der Waals surface area contributed by atoms with Crippen molar-refractivity contribution in [1.82, 2.24) is 19.9 Å². The number of nitrogens with zero attached hydrogens (tertiary/aromatic N) is 4. The molecule has 0 spiro atoms. The second-order valence-electron chi connectivity index (χ2n) is 5.77. The van der Waals surface area contributed by atoms with E-state index in [1.807, 2.05) is 31.2 Å². The Labute approximate surface area is 139 Å². The maximum Gasteiger partial charge on any atom is 0.272 e. The summed E-state index contributed by atoms with van der Waals surface area (Å²) in [6.45, 7) is 2.92. The fourth-order valence-electron chi connectivity index (χ4n) is 2.81. The average molecular weight is 320 g/mol. The standard InChI is InChI=1S/C18H16N4O2/c1-12-4-2-6-14(20-12)18(23)22-9-7-16-15(11-22)21-17(24-16)13-5-3-8-19-10-13/h2-6,8,10H,7,9,11H2,1H3. The first-order valence-corrected chi connectivity index (χ1v) is 7.82. The number of carbonyl (C=O) groups is 1. The summed E-state index contributed by atoms with van der Waals surface area (Å²) < 4.78 is 5.84. The molecular formula is C18H16N4O2. The van der Waals surface area contributed by atoms with Gasteiger partial charge < -0.3 is 9.32 Å². The van der Waals surface area contributed by atoms with Crippen LogP contribution < -0.4 is 0 Å². The Balaban J connectivity index is 1.58. The number of hydrogen-bond donors (Lipinski definition) is 0. The molecule has 0 aliphatic carbocycles. The molecule has 6 heteroatoms. The van der Waals surface area contributed by atoms with Crippen LogP contribution in [0.2, 0.25) is 0 Å². The van der Waals surface area contributed by atoms with Crippen molar-refractivity contribution in [2.45, 2.75) is 19.9 Å². The van der Waals surface area contributed by atoms with Gasteiger partial charge in [0.05, 0.1) is 12.1 Å². The highest BCUT2D eigenvalue weighted by Gasteiger charge is 2.27. The fraction of sp³-hybridized carbons (Fsp3) is 0.222. The Bertz CT molecular complexity index is 889. The summed E-state index contributed by atoms with van der Waals surface area (Å²) in [4.78, 5) is 27.3. The molecule has 0 unspecified atom stereocenters. The van der Waals surface area contributed by atoms with Gasteiger partial charge in [0.25, 0.3) is 5.91 Å². The van der Waals surface area contributed by atoms with Crippen molar-refractivity contribution in [2.75, 3.05) is 6.54 Å². The second kappa shape index (κ2) is 5.88. The van der Waals surface area contributed by atoms with Crippen LogP contribution in [0, 0.1) is 6.92 Å². The Morgan fingerprint density at radius 1 is 1.21 bits per heavy atom. The van der Waals surface area contributed by atoms with Crippen LogP contribution >= 0.6 is 0 Å². The van der Waals surface area contributed by atoms with Crippen LogP contribution in [0.4, 0.5) is 0 Å². The molecule has 0 atom stereocenters. The van der Waals surface area contributed by atoms with Gasteiger partial charge in [-0.15, -0.1) is 0 Å². The molecule has 3 aromatic rings. The van der Waals surface area contributed by atoms with Crippen molar-refractivity contribution >= 4 is 5.91 Å². The summed E-state index contributed by atoms with van der Waals surface area (Å²) in [5, 5.41) is 0. The molecule has 0 radical (unpaired) electrons. The first-order chi connectivity index (χ1) is 11.7. The lowest BCUT2D eigenvalue weighted by Gasteiger charge is -2.25. The van der Waals surface area contributed by atoms with E-state index in [4.69, 9.17) is 4.42 Å². The molecule has 0 N–H and O–H groups in total. The third-order valence-corrected chi connectivity index (χ3v) is 4.03. The minimum atomic E-state index is -0.0738. The van der Waals surface area contributed by atoms with Crippen molar-refractivity contribution in [1.29, 1.82) is 0 Å². The zero-order valence-corrected chi connectivity index (χ0v) is 13.3. The fourth-order valence-corrected chi connectivity index (χ4v) is 2.81. The number of fused-ring (bicyclic) bond motifs is 1. The lowest BCUT2D eigenvalue weighted by atomic mass is 10.1. The largest absolute Gasteiger partial charge is 0.441 e. The molecular weight excluding hydrogens is 304 g/mol. The van der Waals surface area contributed by atoms with Gasteiger partial charge in [0, 0.05) is 31.1 Å². The molecule has 24 heavy (non-hydrogen) atoms. The number of hydrogen-bond acceptors (Lipinski definition) is 5. The highest BCUT2D eigenvalue weighted by atomic mass is 16.4. The number of aromatic nitrogens is 3. The first-order valence-electron chi connectivity index (χ1n) is 7.82. The number of rotatable bonds is 2. The van der Waals surface area contributed by atoms with Gasteiger partial charge in [-0.3, -0.25) is 9.78 Å². The van der Waals surface area contributed by atoms with E-state index in [0.717, 1.165) is 22.7 Å². The van der Waals surface area contributed by atoms with Crippen LogP contribution in [0.25, 0.3) is 11.5 Å². The summed E-state index contributed by atoms with van der Waals surface area (Å²) in [6.07, 6.45) is 4.08. The van der Waals surface area contributed by atoms with Gasteiger partial charge in [-0.25, -0.2) is 9.97 Å². The first kappa shape index (κ1) is 14.6. The molecule has 0 saturated carbocycles. The predicted octanol–water partition coefficient (Wildman–Crippen LogP) is 2.64. The molecule has 6 nitrogen and oxygen atoms in total. The van der Waals surface area contributed by atoms with E-state index in [9.17, 15) is 4.79 Å². The number of amides is 1. The van der Waals surface area contributed by atoms with Gasteiger partial charge in [0.2, 0.25) is 5.89 Å². The van der Waals surface area contributed by atoms with Gasteiger partial charge in [-0.05, 0) is 31.2 Å². The predicted molar refractivity (Wildman–Crippen MR) is 87.2 cm³/mol. The summed E-state index contributed by atoms with van der Waals surface area (Å²) in [6, 6.07) is 9.22. The molecule has 0 saturated heterocycles. The third kappa shape index (κ3) is 2.67. The van der Waals surface area contributed by atoms with Crippen molar-refractivity contribution in [2.24, 2.45) is 0 Å². The smallest absolute Gasteiger partial charge is 0.272 e. The molecule has 1 aliphatic rings. The summed E-state index contributed by atoms with van der Waals surface area (Å²) >= 11 is 0. The second-order valence-corrected chi connectivity index (χ2v) is 5.77. The minimum absolute atomic E-state index is 0.0738. The Hall–Kier alpha value is -3.02. The van der Waals surface area contributed by atoms with E-state index in [-0.39, 0.29) is 5.91 Å². The van der Waals surface area contributed by atoms with Gasteiger partial charge in [-0.1, -0.05) is 6.07 Å². The van der Waals surface area contributed by atoms with Crippen LogP contribution in [-0.4, -0.2) is 32.3 Å². The summed E-state index contributed by atoms with van der Waals surface area (Å²) in [5.41, 5.74) is 2.94. The van der Waals surface area contributed by atoms with E-state index < -0.39 is 0 Å². The van der Waals surface area contributed by atoms with Gasteiger partial charge in [0.1, 0.15) is 17.1 Å². The Morgan fingerprint density at radius 3 is 2.92 bits per heavy atom. The number of aryl methyl sites for hydroxylation is 1. The van der Waals surface area contributed by atoms with Crippen molar-refractivity contribution in [3.63, 3.8) is 0 Å². The van der Waals surface area contributed by atoms with Crippen molar-refractivity contribution in [3.8, 4) is 11.5 Å². The van der Waals surface area contributed by atoms with Crippen molar-refractivity contribution < 1.29 is 9.21 Å². The van der Waals surface area contributed by atoms with E-state index in [1.54, 1.807) is 23.4 Å². The number of oxazole rings is 1. The highest BCUT2D eigenvalue weighted by Crippen LogP contribution is 2.26. The lowest BCUT2D eigenvalue weighted by molar-refractivity contribution is 0.0722. The van der Waals surface area contributed by atoms with Crippen LogP contribution in [0.1, 0.15) is 27.6 Å². The van der Waals surface area contributed by atoms with Gasteiger partial charge in [-0.2, -0.15) is 0 Å². The summed E-state index contributed by atoms with van der Waals surface area (Å²) in [5.74, 6) is 1.32. The third-order valence-electron chi connectivity index (χ3n) is 4.03. The van der Waals surface area contributed by atoms with Gasteiger partial charge >= 0.3 is 0 Å². The van der Waals surface area contributed by atoms with E-state index >= 15 is 0 Å². The molecule has 1 aliphatic heterocycles. The van der Waals surface area contributed by atoms with Crippen molar-refractivity contribution in [3.05, 3.63) is 65.6 Å². The topological polar surface area (TPSA) is 72.1 Å². The molecule has 0 aromatic carbocycles. The van der Waals surface area contributed by atoms with Crippen LogP contribution in [0.15, 0.2) is 47.1 Å². The van der Waals surface area contributed by atoms with Gasteiger partial charge in [0.15, 0.2) is 0 Å². The van der Waals surface area contributed by atoms with Crippen LogP contribution in [0.5, 0.6) is 0 Å². The minimum Gasteiger partial charge on any atom is -0.441 e. The zero-order valence-electron chi connectivity index (χ0n) is 13.3. The molecule has 4 rings (SSSR count). The van der Waals surface area contributed by atoms with E-state index in [0.29, 0.717) is 31.1 Å². The SMILES string of the molecule is Cc1cccc(C(=O)N2CCc3oc(-c4cccnc4)nc3C2)n1. The Morgan fingerprint density at radius 2 is 2.12 bits per heavy atom. The molecule has 0 fully saturated rings. The normalized spacial score (nSPS) is 13.6. The number of pyridine rings is 2. The molecule has 0 bridgehead atoms. The molecule has 4 heterocycles. The molecule has 120 valence electrons.